The molecule has 1 aromatic heterocycles. The van der Waals surface area contributed by atoms with Crippen molar-refractivity contribution in [3.8, 4) is 5.75 Å². The molecule has 30 heavy (non-hydrogen) atoms. The number of nitrogens with zero attached hydrogens (tertiary/aromatic N) is 1. The number of pyridine rings is 1. The van der Waals surface area contributed by atoms with Crippen LogP contribution in [0.3, 0.4) is 0 Å². The van der Waals surface area contributed by atoms with Gasteiger partial charge in [0.25, 0.3) is 0 Å². The molecule has 3 aromatic carbocycles. The Morgan fingerprint density at radius 3 is 1.97 bits per heavy atom. The lowest BCUT2D eigenvalue weighted by molar-refractivity contribution is 0.0694. The van der Waals surface area contributed by atoms with Crippen molar-refractivity contribution in [3.63, 3.8) is 0 Å². The smallest absolute Gasteiger partial charge is 0.339 e. The summed E-state index contributed by atoms with van der Waals surface area (Å²) in [5, 5.41) is 20.5. The lowest BCUT2D eigenvalue weighted by Crippen LogP contribution is -2.02. The van der Waals surface area contributed by atoms with Crippen molar-refractivity contribution >= 4 is 16.9 Å². The molecule has 0 aliphatic carbocycles. The van der Waals surface area contributed by atoms with Crippen LogP contribution in [0.1, 0.15) is 32.6 Å². The predicted octanol–water partition coefficient (Wildman–Crippen LogP) is 5.10. The molecule has 150 valence electrons. The summed E-state index contributed by atoms with van der Waals surface area (Å²) in [6, 6.07) is 15.3. The minimum atomic E-state index is -1.26. The number of aromatic nitrogens is 1. The molecule has 2 N–H and O–H groups in total. The summed E-state index contributed by atoms with van der Waals surface area (Å²) in [6.07, 6.45) is 2.42. The second-order valence-electron chi connectivity index (χ2n) is 7.08. The Labute approximate surface area is 171 Å². The second-order valence-corrected chi connectivity index (χ2v) is 7.08. The van der Waals surface area contributed by atoms with E-state index in [1.54, 1.807) is 30.5 Å². The van der Waals surface area contributed by atoms with Crippen LogP contribution in [-0.4, -0.2) is 21.2 Å². The van der Waals surface area contributed by atoms with Crippen LogP contribution in [-0.2, 0) is 12.8 Å². The van der Waals surface area contributed by atoms with Crippen LogP contribution in [0.25, 0.3) is 10.9 Å². The monoisotopic (exact) mass is 405 g/mol. The standard InChI is InChI=1S/C24H17F2NO3/c25-18-5-1-14(2-6-18)9-16-11-20-17(10-15-3-7-19(26)8-4-15)12-21(24(29)30)23(28)22(20)27-13-16/h1-8,11-13,28H,9-10H2,(H,29,30). The number of fused-ring (bicyclic) bond motifs is 1. The molecule has 0 aliphatic heterocycles. The summed E-state index contributed by atoms with van der Waals surface area (Å²) >= 11 is 0. The highest BCUT2D eigenvalue weighted by Crippen LogP contribution is 2.32. The Balaban J connectivity index is 1.81. The number of aromatic hydroxyl groups is 1. The molecule has 0 amide bonds. The maximum Gasteiger partial charge on any atom is 0.339 e. The van der Waals surface area contributed by atoms with Gasteiger partial charge in [-0.2, -0.15) is 0 Å². The molecule has 1 heterocycles. The maximum atomic E-state index is 13.2. The van der Waals surface area contributed by atoms with E-state index in [2.05, 4.69) is 4.98 Å². The third kappa shape index (κ3) is 3.98. The van der Waals surface area contributed by atoms with Gasteiger partial charge < -0.3 is 10.2 Å². The molecule has 0 bridgehead atoms. The quantitative estimate of drug-likeness (QED) is 0.485. The van der Waals surface area contributed by atoms with Gasteiger partial charge in [-0.1, -0.05) is 24.3 Å². The average molecular weight is 405 g/mol. The molecule has 0 saturated carbocycles. The fourth-order valence-electron chi connectivity index (χ4n) is 3.46. The number of aromatic carboxylic acids is 1. The molecule has 0 saturated heterocycles. The van der Waals surface area contributed by atoms with Crippen molar-refractivity contribution in [2.24, 2.45) is 0 Å². The SMILES string of the molecule is O=C(O)c1cc(Cc2ccc(F)cc2)c2cc(Cc3ccc(F)cc3)cnc2c1O. The number of hydrogen-bond donors (Lipinski definition) is 2. The van der Waals surface area contributed by atoms with Crippen molar-refractivity contribution < 1.29 is 23.8 Å². The highest BCUT2D eigenvalue weighted by atomic mass is 19.1. The molecule has 0 spiro atoms. The van der Waals surface area contributed by atoms with E-state index < -0.39 is 11.7 Å². The van der Waals surface area contributed by atoms with Crippen molar-refractivity contribution in [2.75, 3.05) is 0 Å². The molecule has 0 unspecified atom stereocenters. The summed E-state index contributed by atoms with van der Waals surface area (Å²) < 4.78 is 26.4. The maximum absolute atomic E-state index is 13.2. The van der Waals surface area contributed by atoms with Gasteiger partial charge in [0, 0.05) is 11.6 Å². The highest BCUT2D eigenvalue weighted by Gasteiger charge is 2.18. The molecule has 0 aliphatic rings. The molecule has 0 atom stereocenters. The predicted molar refractivity (Wildman–Crippen MR) is 109 cm³/mol. The van der Waals surface area contributed by atoms with Crippen LogP contribution in [0.15, 0.2) is 66.9 Å². The number of benzene rings is 3. The normalized spacial score (nSPS) is 11.0. The van der Waals surface area contributed by atoms with E-state index in [-0.39, 0.29) is 22.7 Å². The number of hydrogen-bond acceptors (Lipinski definition) is 3. The number of halogens is 2. The van der Waals surface area contributed by atoms with Crippen molar-refractivity contribution in [2.45, 2.75) is 12.8 Å². The third-order valence-corrected chi connectivity index (χ3v) is 4.95. The zero-order chi connectivity index (χ0) is 21.3. The molecule has 4 rings (SSSR count). The fourth-order valence-corrected chi connectivity index (χ4v) is 3.46. The Morgan fingerprint density at radius 1 is 0.833 bits per heavy atom. The van der Waals surface area contributed by atoms with Crippen LogP contribution in [0.5, 0.6) is 5.75 Å². The van der Waals surface area contributed by atoms with Crippen LogP contribution in [0.4, 0.5) is 8.78 Å². The van der Waals surface area contributed by atoms with Crippen LogP contribution in [0.2, 0.25) is 0 Å². The largest absolute Gasteiger partial charge is 0.505 e. The van der Waals surface area contributed by atoms with Gasteiger partial charge in [-0.25, -0.2) is 13.6 Å². The summed E-state index contributed by atoms with van der Waals surface area (Å²) in [5.41, 5.74) is 3.12. The number of carboxylic acids is 1. The van der Waals surface area contributed by atoms with Gasteiger partial charge in [-0.3, -0.25) is 4.98 Å². The second kappa shape index (κ2) is 7.91. The van der Waals surface area contributed by atoms with Crippen molar-refractivity contribution in [1.82, 2.24) is 4.98 Å². The molecule has 0 fully saturated rings. The average Bonchev–Trinajstić information content (AvgIpc) is 2.73. The highest BCUT2D eigenvalue weighted by molar-refractivity contribution is 6.00. The zero-order valence-corrected chi connectivity index (χ0v) is 15.8. The van der Waals surface area contributed by atoms with Crippen LogP contribution < -0.4 is 0 Å². The first-order valence-electron chi connectivity index (χ1n) is 9.26. The van der Waals surface area contributed by atoms with Crippen LogP contribution >= 0.6 is 0 Å². The van der Waals surface area contributed by atoms with Gasteiger partial charge in [-0.15, -0.1) is 0 Å². The zero-order valence-electron chi connectivity index (χ0n) is 15.8. The van der Waals surface area contributed by atoms with E-state index in [1.165, 1.54) is 30.3 Å². The lowest BCUT2D eigenvalue weighted by atomic mass is 9.95. The Hall–Kier alpha value is -3.80. The van der Waals surface area contributed by atoms with Gasteiger partial charge in [0.15, 0.2) is 5.75 Å². The summed E-state index contributed by atoms with van der Waals surface area (Å²) in [4.78, 5) is 15.9. The van der Waals surface area contributed by atoms with Crippen molar-refractivity contribution in [3.05, 3.63) is 106 Å². The van der Waals surface area contributed by atoms with Crippen LogP contribution in [0, 0.1) is 11.6 Å². The minimum Gasteiger partial charge on any atom is -0.505 e. The molecule has 4 nitrogen and oxygen atoms in total. The lowest BCUT2D eigenvalue weighted by Gasteiger charge is -2.12. The molecule has 6 heteroatoms. The summed E-state index contributed by atoms with van der Waals surface area (Å²) in [7, 11) is 0. The van der Waals surface area contributed by atoms with E-state index in [9.17, 15) is 23.8 Å². The number of rotatable bonds is 5. The van der Waals surface area contributed by atoms with Gasteiger partial charge in [0.1, 0.15) is 22.7 Å². The van der Waals surface area contributed by atoms with E-state index in [0.29, 0.717) is 23.8 Å². The van der Waals surface area contributed by atoms with E-state index in [0.717, 1.165) is 16.7 Å². The molecular weight excluding hydrogens is 388 g/mol. The van der Waals surface area contributed by atoms with Gasteiger partial charge >= 0.3 is 5.97 Å². The summed E-state index contributed by atoms with van der Waals surface area (Å²) in [6.45, 7) is 0. The third-order valence-electron chi connectivity index (χ3n) is 4.95. The Kier molecular flexibility index (Phi) is 5.14. The molecular formula is C24H17F2NO3. The van der Waals surface area contributed by atoms with E-state index in [1.807, 2.05) is 6.07 Å². The first kappa shape index (κ1) is 19.5. The number of phenols is 1. The van der Waals surface area contributed by atoms with Gasteiger partial charge in [0.2, 0.25) is 0 Å². The topological polar surface area (TPSA) is 70.4 Å². The van der Waals surface area contributed by atoms with E-state index in [4.69, 9.17) is 0 Å². The van der Waals surface area contributed by atoms with Gasteiger partial charge in [-0.05, 0) is 71.5 Å². The number of carbonyl (C=O) groups is 1. The Morgan fingerprint density at radius 2 is 1.40 bits per heavy atom. The van der Waals surface area contributed by atoms with Crippen molar-refractivity contribution in [1.29, 1.82) is 0 Å². The first-order chi connectivity index (χ1) is 14.4. The molecule has 0 radical (unpaired) electrons. The van der Waals surface area contributed by atoms with E-state index >= 15 is 0 Å². The minimum absolute atomic E-state index is 0.190. The Bertz CT molecular complexity index is 1240. The fraction of sp³-hybridized carbons (Fsp3) is 0.0833. The molecule has 4 aromatic rings. The van der Waals surface area contributed by atoms with Gasteiger partial charge in [0.05, 0.1) is 0 Å². The first-order valence-corrected chi connectivity index (χ1v) is 9.26. The number of carboxylic acid groups (broad SMARTS) is 1. The summed E-state index contributed by atoms with van der Waals surface area (Å²) in [5.74, 6) is -2.33.